The SMILES string of the molecule is CC/C=C\C/C=C\C/C=C\C/C=C\CCCCCCCCC(=O)OCC(COP(=O)(O)OCC(O)COP(=O)(O)OCC(O)COC(=O)CCCCCCC/C=C\C/C=C\C/C=C\C/C=C\CCCCC)OC(=O)CCCCCCCC/C=C\C/C=C\C/C=C\C/C=C\CC. The van der Waals surface area contributed by atoms with E-state index in [9.17, 15) is 43.5 Å². The molecule has 0 rings (SSSR count). The first kappa shape index (κ1) is 90.4. The van der Waals surface area contributed by atoms with Crippen molar-refractivity contribution in [1.82, 2.24) is 0 Å². The largest absolute Gasteiger partial charge is 0.472 e. The van der Waals surface area contributed by atoms with Crippen molar-refractivity contribution < 1.29 is 75.8 Å². The minimum absolute atomic E-state index is 0.0792. The van der Waals surface area contributed by atoms with Crippen LogP contribution in [-0.4, -0.2) is 95.9 Å². The molecule has 0 saturated heterocycles. The number of hydrogen-bond donors (Lipinski definition) is 4. The van der Waals surface area contributed by atoms with Gasteiger partial charge in [0.1, 0.15) is 25.4 Å². The lowest BCUT2D eigenvalue weighted by atomic mass is 10.1. The maximum Gasteiger partial charge on any atom is 0.472 e. The van der Waals surface area contributed by atoms with Crippen LogP contribution in [-0.2, 0) is 55.8 Å². The molecule has 5 unspecified atom stereocenters. The molecule has 0 aliphatic carbocycles. The van der Waals surface area contributed by atoms with Gasteiger partial charge in [-0.2, -0.15) is 0 Å². The summed E-state index contributed by atoms with van der Waals surface area (Å²) in [4.78, 5) is 58.5. The van der Waals surface area contributed by atoms with Crippen molar-refractivity contribution in [1.29, 1.82) is 0 Å². The van der Waals surface area contributed by atoms with Crippen LogP contribution in [0.2, 0.25) is 0 Å². The van der Waals surface area contributed by atoms with Crippen LogP contribution >= 0.6 is 15.6 Å². The second-order valence-corrected chi connectivity index (χ2v) is 26.5. The van der Waals surface area contributed by atoms with E-state index in [1.165, 1.54) is 25.7 Å². The number of esters is 3. The molecule has 0 heterocycles. The monoisotopic (exact) mass is 1370 g/mol. The molecule has 0 spiro atoms. The van der Waals surface area contributed by atoms with Gasteiger partial charge in [0.2, 0.25) is 0 Å². The first-order chi connectivity index (χ1) is 46.2. The number of allylic oxidation sites excluding steroid dienone is 24. The first-order valence-corrected chi connectivity index (χ1v) is 39.1. The van der Waals surface area contributed by atoms with Crippen molar-refractivity contribution in [3.63, 3.8) is 0 Å². The Labute approximate surface area is 575 Å². The fourth-order valence-corrected chi connectivity index (χ4v) is 10.6. The molecule has 0 aromatic rings. The zero-order valence-electron chi connectivity index (χ0n) is 58.8. The van der Waals surface area contributed by atoms with E-state index >= 15 is 0 Å². The number of hydrogen-bond acceptors (Lipinski definition) is 14. The molecular formula is C77H128O16P2. The van der Waals surface area contributed by atoms with E-state index in [0.717, 1.165) is 180 Å². The van der Waals surface area contributed by atoms with Gasteiger partial charge in [-0.3, -0.25) is 32.5 Å². The summed E-state index contributed by atoms with van der Waals surface area (Å²) in [6.45, 7) is 2.35. The molecule has 0 aliphatic heterocycles. The smallest absolute Gasteiger partial charge is 0.463 e. The van der Waals surface area contributed by atoms with Crippen molar-refractivity contribution in [3.8, 4) is 0 Å². The summed E-state index contributed by atoms with van der Waals surface area (Å²) < 4.78 is 61.0. The van der Waals surface area contributed by atoms with Gasteiger partial charge in [0.15, 0.2) is 6.10 Å². The average molecular weight is 1370 g/mol. The Morgan fingerprint density at radius 3 is 0.884 bits per heavy atom. The van der Waals surface area contributed by atoms with Crippen LogP contribution in [0, 0.1) is 0 Å². The van der Waals surface area contributed by atoms with Gasteiger partial charge in [0.25, 0.3) is 0 Å². The fourth-order valence-electron chi connectivity index (χ4n) is 9.06. The van der Waals surface area contributed by atoms with Crippen molar-refractivity contribution in [2.45, 2.75) is 283 Å². The molecular weight excluding hydrogens is 1240 g/mol. The Balaban J connectivity index is 4.75. The Morgan fingerprint density at radius 2 is 0.558 bits per heavy atom. The molecule has 542 valence electrons. The molecule has 0 amide bonds. The zero-order chi connectivity index (χ0) is 69.5. The predicted molar refractivity (Wildman–Crippen MR) is 389 cm³/mol. The van der Waals surface area contributed by atoms with Gasteiger partial charge in [-0.1, -0.05) is 250 Å². The molecule has 0 saturated carbocycles. The van der Waals surface area contributed by atoms with Crippen LogP contribution < -0.4 is 0 Å². The summed E-state index contributed by atoms with van der Waals surface area (Å²) in [6.07, 6.45) is 83.1. The molecule has 0 bridgehead atoms. The van der Waals surface area contributed by atoms with Gasteiger partial charge in [-0.25, -0.2) is 9.13 Å². The molecule has 0 radical (unpaired) electrons. The third-order valence-corrected chi connectivity index (χ3v) is 16.4. The molecule has 0 aliphatic rings. The molecule has 4 N–H and O–H groups in total. The maximum absolute atomic E-state index is 13.0. The highest BCUT2D eigenvalue weighted by Gasteiger charge is 2.29. The van der Waals surface area contributed by atoms with E-state index in [0.29, 0.717) is 19.3 Å². The Bertz CT molecular complexity index is 2310. The summed E-state index contributed by atoms with van der Waals surface area (Å²) in [6, 6.07) is 0. The van der Waals surface area contributed by atoms with Gasteiger partial charge >= 0.3 is 33.6 Å². The minimum atomic E-state index is -4.94. The standard InChI is InChI=1S/C77H128O16P2/c1-4-7-10-13-16-19-22-25-28-31-34-35-38-40-42-45-48-51-54-57-60-63-75(80)87-66-72(78)67-89-94(83,84)90-68-73(79)69-91-95(85,86)92-71-74(93-77(82)65-62-59-56-53-50-47-44-41-37-33-30-27-24-21-18-15-12-9-6-3)70-88-76(81)64-61-58-55-52-49-46-43-39-36-32-29-26-23-20-17-14-11-8-5-2/h8-9,11-12,16-21,25-30,34-37,39-42,72-74,78-79H,4-7,10,13-15,22-24,31-33,38,43-71H2,1-3H3,(H,83,84)(H,85,86)/b11-8-,12-9-,19-16-,20-17-,21-18-,28-25-,29-26-,30-27-,35-34-,39-36-,41-37-,42-40-. The Hall–Kier alpha value is -4.57. The number of unbranched alkanes of at least 4 members (excludes halogenated alkanes) is 20. The second kappa shape index (κ2) is 69.3. The zero-order valence-corrected chi connectivity index (χ0v) is 60.6. The highest BCUT2D eigenvalue weighted by atomic mass is 31.2. The predicted octanol–water partition coefficient (Wildman–Crippen LogP) is 20.5. The lowest BCUT2D eigenvalue weighted by molar-refractivity contribution is -0.161. The summed E-state index contributed by atoms with van der Waals surface area (Å²) in [5.41, 5.74) is 0. The average Bonchev–Trinajstić information content (AvgIpc) is 1.75. The second-order valence-electron chi connectivity index (χ2n) is 23.6. The van der Waals surface area contributed by atoms with E-state index in [-0.39, 0.29) is 19.3 Å². The fraction of sp³-hybridized carbons (Fsp3) is 0.649. The summed E-state index contributed by atoms with van der Waals surface area (Å²) in [5, 5.41) is 20.6. The summed E-state index contributed by atoms with van der Waals surface area (Å²) >= 11 is 0. The number of ether oxygens (including phenoxy) is 3. The minimum Gasteiger partial charge on any atom is -0.463 e. The van der Waals surface area contributed by atoms with Crippen molar-refractivity contribution in [2.24, 2.45) is 0 Å². The molecule has 18 heteroatoms. The Morgan fingerprint density at radius 1 is 0.305 bits per heavy atom. The van der Waals surface area contributed by atoms with Crippen LogP contribution in [0.25, 0.3) is 0 Å². The number of phosphoric acid groups is 2. The highest BCUT2D eigenvalue weighted by molar-refractivity contribution is 7.47. The van der Waals surface area contributed by atoms with E-state index < -0.39 is 91.5 Å². The summed E-state index contributed by atoms with van der Waals surface area (Å²) in [7, 11) is -9.81. The molecule has 0 fully saturated rings. The molecule has 5 atom stereocenters. The van der Waals surface area contributed by atoms with Crippen LogP contribution in [0.3, 0.4) is 0 Å². The van der Waals surface area contributed by atoms with Crippen molar-refractivity contribution in [3.05, 3.63) is 146 Å². The van der Waals surface area contributed by atoms with Crippen molar-refractivity contribution in [2.75, 3.05) is 39.6 Å². The van der Waals surface area contributed by atoms with Gasteiger partial charge in [-0.15, -0.1) is 0 Å². The normalized spacial score (nSPS) is 15.0. The first-order valence-electron chi connectivity index (χ1n) is 36.1. The third kappa shape index (κ3) is 70.6. The van der Waals surface area contributed by atoms with Gasteiger partial charge in [0, 0.05) is 19.3 Å². The number of carbonyl (C=O) groups is 3. The summed E-state index contributed by atoms with van der Waals surface area (Å²) in [5.74, 6) is -1.63. The van der Waals surface area contributed by atoms with E-state index in [4.69, 9.17) is 32.3 Å². The van der Waals surface area contributed by atoms with E-state index in [2.05, 4.69) is 167 Å². The maximum atomic E-state index is 13.0. The van der Waals surface area contributed by atoms with Gasteiger partial charge in [0.05, 0.1) is 26.4 Å². The van der Waals surface area contributed by atoms with Crippen LogP contribution in [0.4, 0.5) is 0 Å². The van der Waals surface area contributed by atoms with Crippen LogP contribution in [0.15, 0.2) is 146 Å². The molecule has 0 aromatic carbocycles. The van der Waals surface area contributed by atoms with Gasteiger partial charge < -0.3 is 34.2 Å². The number of phosphoric ester groups is 2. The molecule has 95 heavy (non-hydrogen) atoms. The number of rotatable bonds is 67. The van der Waals surface area contributed by atoms with E-state index in [1.54, 1.807) is 0 Å². The molecule has 16 nitrogen and oxygen atoms in total. The van der Waals surface area contributed by atoms with Crippen LogP contribution in [0.1, 0.15) is 265 Å². The third-order valence-electron chi connectivity index (χ3n) is 14.5. The highest BCUT2D eigenvalue weighted by Crippen LogP contribution is 2.45. The lowest BCUT2D eigenvalue weighted by Gasteiger charge is -2.21. The lowest BCUT2D eigenvalue weighted by Crippen LogP contribution is -2.30. The van der Waals surface area contributed by atoms with E-state index in [1.807, 2.05) is 0 Å². The number of aliphatic hydroxyl groups is 2. The van der Waals surface area contributed by atoms with Crippen molar-refractivity contribution >= 4 is 33.6 Å². The quantitative estimate of drug-likeness (QED) is 0.0146. The van der Waals surface area contributed by atoms with Gasteiger partial charge in [-0.05, 0) is 141 Å². The number of carbonyl (C=O) groups excluding carboxylic acids is 3. The topological polar surface area (TPSA) is 231 Å². The molecule has 0 aromatic heterocycles. The number of aliphatic hydroxyl groups excluding tert-OH is 2. The Kier molecular flexibility index (Phi) is 66.0. The van der Waals surface area contributed by atoms with Crippen LogP contribution in [0.5, 0.6) is 0 Å².